The molecule has 0 bridgehead atoms. The van der Waals surface area contributed by atoms with E-state index in [1.54, 1.807) is 12.1 Å². The SMILES string of the molecule is O=C1/C(=C/[C]2[CH][CH][CH][CH]2)Oc2c(Br)cc(Br)cc21. The standard InChI is InChI=1S/C14H7Br2O2/c15-9-6-10-13(17)12(5-8-3-1-2-4-8)18-14(10)11(16)7-9/h1-7H/b12-5-. The molecule has 1 aromatic rings. The Bertz CT molecular complexity index is 543. The summed E-state index contributed by atoms with van der Waals surface area (Å²) in [6, 6.07) is 3.63. The molecule has 3 rings (SSSR count). The Kier molecular flexibility index (Phi) is 3.32. The van der Waals surface area contributed by atoms with Crippen molar-refractivity contribution in [1.29, 1.82) is 0 Å². The van der Waals surface area contributed by atoms with Crippen molar-refractivity contribution in [2.24, 2.45) is 0 Å². The second kappa shape index (κ2) is 4.82. The fraction of sp³-hybridized carbons (Fsp3) is 0. The minimum Gasteiger partial charge on any atom is -0.452 e. The summed E-state index contributed by atoms with van der Waals surface area (Å²) in [6.07, 6.45) is 9.45. The lowest BCUT2D eigenvalue weighted by Crippen LogP contribution is -2.01. The van der Waals surface area contributed by atoms with E-state index >= 15 is 0 Å². The fourth-order valence-corrected chi connectivity index (χ4v) is 3.16. The van der Waals surface area contributed by atoms with Gasteiger partial charge in [0.15, 0.2) is 11.5 Å². The molecule has 5 radical (unpaired) electrons. The number of carbonyl (C=O) groups is 1. The first kappa shape index (κ1) is 12.4. The number of hydrogen-bond donors (Lipinski definition) is 0. The third-order valence-electron chi connectivity index (χ3n) is 2.68. The Morgan fingerprint density at radius 1 is 1.11 bits per heavy atom. The number of fused-ring (bicyclic) bond motifs is 1. The van der Waals surface area contributed by atoms with Gasteiger partial charge in [0.05, 0.1) is 10.0 Å². The van der Waals surface area contributed by atoms with E-state index in [4.69, 9.17) is 4.74 Å². The summed E-state index contributed by atoms with van der Waals surface area (Å²) >= 11 is 6.76. The lowest BCUT2D eigenvalue weighted by molar-refractivity contribution is 0.101. The van der Waals surface area contributed by atoms with Gasteiger partial charge in [0.1, 0.15) is 0 Å². The molecule has 0 unspecified atom stereocenters. The van der Waals surface area contributed by atoms with Gasteiger partial charge in [-0.2, -0.15) is 0 Å². The summed E-state index contributed by atoms with van der Waals surface area (Å²) < 4.78 is 7.24. The molecular formula is C14H7Br2O2. The van der Waals surface area contributed by atoms with Crippen molar-refractivity contribution in [3.63, 3.8) is 0 Å². The predicted molar refractivity (Wildman–Crippen MR) is 75.3 cm³/mol. The average molecular weight is 367 g/mol. The first-order valence-electron chi connectivity index (χ1n) is 5.30. The largest absolute Gasteiger partial charge is 0.452 e. The van der Waals surface area contributed by atoms with E-state index in [9.17, 15) is 4.79 Å². The summed E-state index contributed by atoms with van der Waals surface area (Å²) in [4.78, 5) is 12.2. The first-order valence-corrected chi connectivity index (χ1v) is 6.89. The van der Waals surface area contributed by atoms with Gasteiger partial charge < -0.3 is 4.74 Å². The molecule has 89 valence electrons. The molecule has 1 aromatic carbocycles. The highest BCUT2D eigenvalue weighted by atomic mass is 79.9. The van der Waals surface area contributed by atoms with Crippen LogP contribution in [-0.2, 0) is 0 Å². The summed E-state index contributed by atoms with van der Waals surface area (Å²) in [6.45, 7) is 0. The summed E-state index contributed by atoms with van der Waals surface area (Å²) in [5, 5.41) is 0. The van der Waals surface area contributed by atoms with Gasteiger partial charge in [-0.05, 0) is 59.8 Å². The number of ether oxygens (including phenoxy) is 1. The van der Waals surface area contributed by atoms with Crippen molar-refractivity contribution in [1.82, 2.24) is 0 Å². The minimum atomic E-state index is -0.0896. The van der Waals surface area contributed by atoms with Gasteiger partial charge in [0.25, 0.3) is 0 Å². The Morgan fingerprint density at radius 2 is 1.83 bits per heavy atom. The summed E-state index contributed by atoms with van der Waals surface area (Å²) in [5.74, 6) is 1.81. The molecule has 1 fully saturated rings. The maximum absolute atomic E-state index is 12.2. The minimum absolute atomic E-state index is 0.0896. The average Bonchev–Trinajstić information content (AvgIpc) is 2.91. The monoisotopic (exact) mass is 365 g/mol. The van der Waals surface area contributed by atoms with Crippen LogP contribution in [0, 0.1) is 31.6 Å². The van der Waals surface area contributed by atoms with Crippen LogP contribution in [0.15, 0.2) is 32.9 Å². The molecule has 18 heavy (non-hydrogen) atoms. The van der Waals surface area contributed by atoms with Crippen LogP contribution in [0.3, 0.4) is 0 Å². The smallest absolute Gasteiger partial charge is 0.231 e. The van der Waals surface area contributed by atoms with Crippen LogP contribution in [0.2, 0.25) is 0 Å². The molecule has 1 aliphatic heterocycles. The highest BCUT2D eigenvalue weighted by Crippen LogP contribution is 2.40. The van der Waals surface area contributed by atoms with Gasteiger partial charge in [0, 0.05) is 10.4 Å². The molecule has 0 N–H and O–H groups in total. The third-order valence-corrected chi connectivity index (χ3v) is 3.72. The van der Waals surface area contributed by atoms with Gasteiger partial charge in [0.2, 0.25) is 5.78 Å². The molecule has 1 heterocycles. The lowest BCUT2D eigenvalue weighted by Gasteiger charge is -2.03. The molecule has 0 spiro atoms. The zero-order valence-corrected chi connectivity index (χ0v) is 12.3. The second-order valence-electron chi connectivity index (χ2n) is 3.92. The van der Waals surface area contributed by atoms with Gasteiger partial charge in [-0.25, -0.2) is 0 Å². The molecule has 0 saturated heterocycles. The zero-order chi connectivity index (χ0) is 12.7. The van der Waals surface area contributed by atoms with E-state index in [0.29, 0.717) is 17.1 Å². The molecule has 1 aliphatic carbocycles. The van der Waals surface area contributed by atoms with Crippen molar-refractivity contribution in [3.8, 4) is 5.75 Å². The van der Waals surface area contributed by atoms with E-state index in [-0.39, 0.29) is 5.78 Å². The second-order valence-corrected chi connectivity index (χ2v) is 5.69. The fourth-order valence-electron chi connectivity index (χ4n) is 1.85. The molecule has 1 saturated carbocycles. The number of Topliss-reactive ketones (excluding diaryl/α,β-unsaturated/α-hetero) is 1. The number of hydrogen-bond acceptors (Lipinski definition) is 2. The highest BCUT2D eigenvalue weighted by molar-refractivity contribution is 9.11. The van der Waals surface area contributed by atoms with Crippen LogP contribution in [0.5, 0.6) is 5.75 Å². The number of ketones is 1. The normalized spacial score (nSPS) is 21.4. The van der Waals surface area contributed by atoms with E-state index in [2.05, 4.69) is 31.9 Å². The first-order chi connectivity index (χ1) is 8.65. The molecule has 2 nitrogen and oxygen atoms in total. The lowest BCUT2D eigenvalue weighted by atomic mass is 10.0. The van der Waals surface area contributed by atoms with Crippen molar-refractivity contribution >= 4 is 37.6 Å². The van der Waals surface area contributed by atoms with Gasteiger partial charge in [-0.15, -0.1) is 0 Å². The van der Waals surface area contributed by atoms with Gasteiger partial charge >= 0.3 is 0 Å². The number of benzene rings is 1. The number of allylic oxidation sites excluding steroid dienone is 2. The predicted octanol–water partition coefficient (Wildman–Crippen LogP) is 4.08. The summed E-state index contributed by atoms with van der Waals surface area (Å²) in [5.41, 5.74) is 0.578. The Hall–Kier alpha value is -0.610. The topological polar surface area (TPSA) is 26.3 Å². The van der Waals surface area contributed by atoms with E-state index in [0.717, 1.165) is 14.9 Å². The van der Waals surface area contributed by atoms with Crippen molar-refractivity contribution in [2.75, 3.05) is 0 Å². The van der Waals surface area contributed by atoms with Crippen molar-refractivity contribution in [2.45, 2.75) is 0 Å². The zero-order valence-electron chi connectivity index (χ0n) is 9.11. The van der Waals surface area contributed by atoms with E-state index in [1.807, 2.05) is 31.7 Å². The van der Waals surface area contributed by atoms with Crippen molar-refractivity contribution in [3.05, 3.63) is 70.1 Å². The van der Waals surface area contributed by atoms with Crippen LogP contribution >= 0.6 is 31.9 Å². The molecule has 0 aromatic heterocycles. The highest BCUT2D eigenvalue weighted by Gasteiger charge is 2.31. The van der Waals surface area contributed by atoms with Crippen LogP contribution < -0.4 is 4.74 Å². The van der Waals surface area contributed by atoms with Crippen LogP contribution in [0.25, 0.3) is 0 Å². The Labute approximate surface area is 123 Å². The molecule has 2 aliphatic rings. The van der Waals surface area contributed by atoms with Crippen LogP contribution in [0.1, 0.15) is 10.4 Å². The maximum Gasteiger partial charge on any atom is 0.231 e. The maximum atomic E-state index is 12.2. The third kappa shape index (κ3) is 2.16. The molecule has 0 atom stereocenters. The van der Waals surface area contributed by atoms with Crippen LogP contribution in [0.4, 0.5) is 0 Å². The van der Waals surface area contributed by atoms with Crippen LogP contribution in [-0.4, -0.2) is 5.78 Å². The number of rotatable bonds is 1. The Morgan fingerprint density at radius 3 is 2.56 bits per heavy atom. The van der Waals surface area contributed by atoms with Gasteiger partial charge in [-0.3, -0.25) is 4.79 Å². The van der Waals surface area contributed by atoms with E-state index in [1.165, 1.54) is 0 Å². The van der Waals surface area contributed by atoms with E-state index < -0.39 is 0 Å². The van der Waals surface area contributed by atoms with Crippen molar-refractivity contribution < 1.29 is 9.53 Å². The quantitative estimate of drug-likeness (QED) is 0.700. The molecule has 0 amide bonds. The van der Waals surface area contributed by atoms with Gasteiger partial charge in [-0.1, -0.05) is 15.9 Å². The molecule has 4 heteroatoms. The number of halogens is 2. The molecular weight excluding hydrogens is 360 g/mol. The number of carbonyl (C=O) groups excluding carboxylic acids is 1. The summed E-state index contributed by atoms with van der Waals surface area (Å²) in [7, 11) is 0. The Balaban J connectivity index is 1.95.